The summed E-state index contributed by atoms with van der Waals surface area (Å²) in [6, 6.07) is 5.42. The van der Waals surface area contributed by atoms with Crippen molar-refractivity contribution in [1.29, 1.82) is 0 Å². The van der Waals surface area contributed by atoms with Crippen molar-refractivity contribution in [3.63, 3.8) is 0 Å². The molecule has 0 saturated heterocycles. The molecule has 22 heavy (non-hydrogen) atoms. The summed E-state index contributed by atoms with van der Waals surface area (Å²) < 4.78 is 0. The maximum absolute atomic E-state index is 13.0. The molecule has 0 unspecified atom stereocenters. The average molecular weight is 320 g/mol. The Morgan fingerprint density at radius 1 is 1.23 bits per heavy atom. The third-order valence-corrected chi connectivity index (χ3v) is 6.81. The molecule has 0 heterocycles. The molecule has 0 aliphatic heterocycles. The number of anilines is 1. The third-order valence-electron chi connectivity index (χ3n) is 6.58. The normalized spacial score (nSPS) is 32.3. The highest BCUT2D eigenvalue weighted by Crippen LogP contribution is 2.70. The van der Waals surface area contributed by atoms with E-state index in [1.165, 1.54) is 0 Å². The fourth-order valence-electron chi connectivity index (χ4n) is 4.37. The molecule has 0 aromatic heterocycles. The van der Waals surface area contributed by atoms with Gasteiger partial charge in [-0.15, -0.1) is 0 Å². The lowest BCUT2D eigenvalue weighted by molar-refractivity contribution is -0.131. The summed E-state index contributed by atoms with van der Waals surface area (Å²) in [5.41, 5.74) is 0.416. The Morgan fingerprint density at radius 3 is 2.41 bits per heavy atom. The quantitative estimate of drug-likeness (QED) is 0.879. The van der Waals surface area contributed by atoms with Crippen LogP contribution in [0.25, 0.3) is 0 Å². The van der Waals surface area contributed by atoms with Crippen LogP contribution in [0.5, 0.6) is 0 Å². The van der Waals surface area contributed by atoms with Gasteiger partial charge >= 0.3 is 0 Å². The van der Waals surface area contributed by atoms with E-state index in [0.29, 0.717) is 11.4 Å². The highest BCUT2D eigenvalue weighted by Gasteiger charge is 2.72. The zero-order valence-electron chi connectivity index (χ0n) is 13.5. The van der Waals surface area contributed by atoms with Gasteiger partial charge in [0.25, 0.3) is 0 Å². The van der Waals surface area contributed by atoms with E-state index in [0.717, 1.165) is 24.1 Å². The van der Waals surface area contributed by atoms with Crippen LogP contribution in [0.4, 0.5) is 5.69 Å². The number of carbonyl (C=O) groups excluding carboxylic acids is 2. The number of amides is 1. The van der Waals surface area contributed by atoms with Crippen LogP contribution in [0.1, 0.15) is 45.6 Å². The standard InChI is InChI=1S/C18H22ClNO2/c1-11-9-12(19)5-6-13(11)20-15(22)18-8-7-17(4,14(21)10-18)16(18,2)3/h5-6,9H,7-8,10H2,1-4H3,(H,20,22)/t17-,18-/m1/s1. The molecule has 2 atom stereocenters. The van der Waals surface area contributed by atoms with Crippen molar-refractivity contribution in [3.8, 4) is 0 Å². The minimum atomic E-state index is -0.592. The summed E-state index contributed by atoms with van der Waals surface area (Å²) in [5, 5.41) is 3.69. The van der Waals surface area contributed by atoms with Crippen molar-refractivity contribution in [2.45, 2.75) is 47.0 Å². The Kier molecular flexibility index (Phi) is 3.23. The van der Waals surface area contributed by atoms with Gasteiger partial charge in [-0.1, -0.05) is 32.4 Å². The Balaban J connectivity index is 1.94. The molecule has 2 aliphatic carbocycles. The van der Waals surface area contributed by atoms with Crippen LogP contribution in [-0.4, -0.2) is 11.7 Å². The Morgan fingerprint density at radius 2 is 1.91 bits per heavy atom. The number of ketones is 1. The molecule has 2 fully saturated rings. The van der Waals surface area contributed by atoms with Gasteiger partial charge in [-0.2, -0.15) is 0 Å². The molecular weight excluding hydrogens is 298 g/mol. The summed E-state index contributed by atoms with van der Waals surface area (Å²) in [5.74, 6) is 0.198. The number of nitrogens with one attached hydrogen (secondary N) is 1. The molecule has 3 nitrogen and oxygen atoms in total. The second-order valence-electron chi connectivity index (χ2n) is 7.55. The smallest absolute Gasteiger partial charge is 0.231 e. The summed E-state index contributed by atoms with van der Waals surface area (Å²) in [6.45, 7) is 8.08. The van der Waals surface area contributed by atoms with E-state index in [4.69, 9.17) is 11.6 Å². The number of fused-ring (bicyclic) bond motifs is 2. The summed E-state index contributed by atoms with van der Waals surface area (Å²) in [6.07, 6.45) is 1.93. The summed E-state index contributed by atoms with van der Waals surface area (Å²) in [7, 11) is 0. The molecule has 2 bridgehead atoms. The van der Waals surface area contributed by atoms with Gasteiger partial charge in [-0.25, -0.2) is 0 Å². The number of halogens is 1. The van der Waals surface area contributed by atoms with Gasteiger partial charge in [0.1, 0.15) is 5.78 Å². The van der Waals surface area contributed by atoms with Crippen LogP contribution in [0.15, 0.2) is 18.2 Å². The van der Waals surface area contributed by atoms with Crippen LogP contribution < -0.4 is 5.32 Å². The minimum absolute atomic E-state index is 0.0301. The van der Waals surface area contributed by atoms with Crippen molar-refractivity contribution in [2.24, 2.45) is 16.2 Å². The molecule has 0 spiro atoms. The number of benzene rings is 1. The minimum Gasteiger partial charge on any atom is -0.325 e. The molecule has 1 amide bonds. The number of carbonyl (C=O) groups is 2. The lowest BCUT2D eigenvalue weighted by atomic mass is 9.64. The molecule has 118 valence electrons. The van der Waals surface area contributed by atoms with Gasteiger partial charge in [0.05, 0.1) is 5.41 Å². The van der Waals surface area contributed by atoms with Gasteiger partial charge in [0, 0.05) is 22.5 Å². The fraction of sp³-hybridized carbons (Fsp3) is 0.556. The highest BCUT2D eigenvalue weighted by molar-refractivity contribution is 6.30. The summed E-state index contributed by atoms with van der Waals surface area (Å²) >= 11 is 5.97. The molecule has 4 heteroatoms. The molecule has 1 N–H and O–H groups in total. The first-order valence-corrected chi connectivity index (χ1v) is 8.13. The lowest BCUT2D eigenvalue weighted by Crippen LogP contribution is -2.43. The number of aryl methyl sites for hydroxylation is 1. The second-order valence-corrected chi connectivity index (χ2v) is 7.99. The van der Waals surface area contributed by atoms with E-state index in [1.807, 2.05) is 26.0 Å². The fourth-order valence-corrected chi connectivity index (χ4v) is 4.60. The predicted octanol–water partition coefficient (Wildman–Crippen LogP) is 4.37. The highest BCUT2D eigenvalue weighted by atomic mass is 35.5. The predicted molar refractivity (Wildman–Crippen MR) is 88.0 cm³/mol. The number of hydrogen-bond acceptors (Lipinski definition) is 2. The Labute approximate surface area is 136 Å². The Bertz CT molecular complexity index is 682. The SMILES string of the molecule is Cc1cc(Cl)ccc1NC(=O)[C@@]12CC[C@](C)(C(=O)C1)C2(C)C. The van der Waals surface area contributed by atoms with Gasteiger partial charge < -0.3 is 5.32 Å². The van der Waals surface area contributed by atoms with Crippen LogP contribution in [0.2, 0.25) is 5.02 Å². The van der Waals surface area contributed by atoms with Gasteiger partial charge in [-0.05, 0) is 48.9 Å². The first kappa shape index (κ1) is 15.5. The van der Waals surface area contributed by atoms with E-state index in [-0.39, 0.29) is 22.5 Å². The van der Waals surface area contributed by atoms with Crippen molar-refractivity contribution >= 4 is 29.0 Å². The van der Waals surface area contributed by atoms with Crippen molar-refractivity contribution in [1.82, 2.24) is 0 Å². The molecule has 1 aromatic rings. The number of hydrogen-bond donors (Lipinski definition) is 1. The zero-order valence-corrected chi connectivity index (χ0v) is 14.3. The maximum atomic E-state index is 13.0. The van der Waals surface area contributed by atoms with E-state index in [2.05, 4.69) is 19.2 Å². The number of Topliss-reactive ketones (excluding diaryl/α,β-unsaturated/α-hetero) is 1. The topological polar surface area (TPSA) is 46.2 Å². The van der Waals surface area contributed by atoms with Crippen LogP contribution >= 0.6 is 11.6 Å². The zero-order chi connectivity index (χ0) is 16.3. The van der Waals surface area contributed by atoms with Gasteiger partial charge in [0.15, 0.2) is 0 Å². The van der Waals surface area contributed by atoms with E-state index >= 15 is 0 Å². The molecule has 1 aromatic carbocycles. The van der Waals surface area contributed by atoms with Crippen LogP contribution in [0.3, 0.4) is 0 Å². The first-order chi connectivity index (χ1) is 10.1. The molecule has 0 radical (unpaired) electrons. The molecular formula is C18H22ClNO2. The average Bonchev–Trinajstić information content (AvgIpc) is 2.72. The van der Waals surface area contributed by atoms with E-state index in [9.17, 15) is 9.59 Å². The van der Waals surface area contributed by atoms with Gasteiger partial charge in [0.2, 0.25) is 5.91 Å². The largest absolute Gasteiger partial charge is 0.325 e. The maximum Gasteiger partial charge on any atom is 0.231 e. The van der Waals surface area contributed by atoms with Crippen molar-refractivity contribution in [2.75, 3.05) is 5.32 Å². The van der Waals surface area contributed by atoms with Crippen molar-refractivity contribution in [3.05, 3.63) is 28.8 Å². The second kappa shape index (κ2) is 4.58. The molecule has 2 aliphatic rings. The third kappa shape index (κ3) is 1.75. The van der Waals surface area contributed by atoms with Gasteiger partial charge in [-0.3, -0.25) is 9.59 Å². The van der Waals surface area contributed by atoms with E-state index < -0.39 is 5.41 Å². The Hall–Kier alpha value is -1.35. The van der Waals surface area contributed by atoms with Crippen LogP contribution in [-0.2, 0) is 9.59 Å². The summed E-state index contributed by atoms with van der Waals surface area (Å²) in [4.78, 5) is 25.5. The monoisotopic (exact) mass is 319 g/mol. The first-order valence-electron chi connectivity index (χ1n) is 7.75. The molecule has 2 saturated carbocycles. The lowest BCUT2D eigenvalue weighted by Gasteiger charge is -2.38. The van der Waals surface area contributed by atoms with E-state index in [1.54, 1.807) is 6.07 Å². The number of rotatable bonds is 2. The van der Waals surface area contributed by atoms with Crippen LogP contribution in [0, 0.1) is 23.2 Å². The molecule has 3 rings (SSSR count). The van der Waals surface area contributed by atoms with Crippen molar-refractivity contribution < 1.29 is 9.59 Å².